The number of benzene rings is 3. The molecule has 26 heavy (non-hydrogen) atoms. The molecule has 4 aromatic rings. The van der Waals surface area contributed by atoms with Crippen molar-refractivity contribution < 1.29 is 9.13 Å². The summed E-state index contributed by atoms with van der Waals surface area (Å²) in [4.78, 5) is 4.78. The van der Waals surface area contributed by atoms with Crippen molar-refractivity contribution in [3.63, 3.8) is 0 Å². The number of hydrogen-bond donors (Lipinski definition) is 0. The van der Waals surface area contributed by atoms with Crippen LogP contribution in [0, 0.1) is 5.82 Å². The number of fused-ring (bicyclic) bond motifs is 1. The molecule has 1 aromatic heterocycles. The SMILES string of the molecule is CCOc1ccc(-c2nc3ccccc3n2Cc2ccccc2F)cc1. The molecule has 0 aliphatic rings. The summed E-state index contributed by atoms with van der Waals surface area (Å²) in [6.07, 6.45) is 0. The summed E-state index contributed by atoms with van der Waals surface area (Å²) in [5.41, 5.74) is 3.50. The number of para-hydroxylation sites is 2. The molecule has 4 heteroatoms. The molecule has 4 rings (SSSR count). The van der Waals surface area contributed by atoms with E-state index in [0.717, 1.165) is 28.2 Å². The number of rotatable bonds is 5. The second kappa shape index (κ2) is 7.00. The van der Waals surface area contributed by atoms with Crippen LogP contribution in [-0.4, -0.2) is 16.2 Å². The Morgan fingerprint density at radius 2 is 1.65 bits per heavy atom. The number of aromatic nitrogens is 2. The van der Waals surface area contributed by atoms with E-state index >= 15 is 0 Å². The van der Waals surface area contributed by atoms with Crippen LogP contribution in [0.1, 0.15) is 12.5 Å². The maximum atomic E-state index is 14.2. The molecule has 0 spiro atoms. The lowest BCUT2D eigenvalue weighted by molar-refractivity contribution is 0.340. The van der Waals surface area contributed by atoms with Gasteiger partial charge in [-0.2, -0.15) is 0 Å². The van der Waals surface area contributed by atoms with Crippen molar-refractivity contribution in [3.8, 4) is 17.1 Å². The molecule has 0 fully saturated rings. The second-order valence-corrected chi connectivity index (χ2v) is 6.06. The van der Waals surface area contributed by atoms with Gasteiger partial charge in [0.1, 0.15) is 17.4 Å². The Morgan fingerprint density at radius 1 is 0.923 bits per heavy atom. The van der Waals surface area contributed by atoms with Crippen molar-refractivity contribution in [2.24, 2.45) is 0 Å². The Balaban J connectivity index is 1.82. The Kier molecular flexibility index (Phi) is 4.40. The smallest absolute Gasteiger partial charge is 0.141 e. The zero-order valence-electron chi connectivity index (χ0n) is 14.5. The Bertz CT molecular complexity index is 1040. The zero-order chi connectivity index (χ0) is 17.9. The lowest BCUT2D eigenvalue weighted by Crippen LogP contribution is -2.04. The van der Waals surface area contributed by atoms with Crippen molar-refractivity contribution in [2.45, 2.75) is 13.5 Å². The van der Waals surface area contributed by atoms with Crippen LogP contribution in [0.5, 0.6) is 5.75 Å². The molecular formula is C22H19FN2O. The molecule has 0 saturated heterocycles. The first kappa shape index (κ1) is 16.3. The first-order valence-electron chi connectivity index (χ1n) is 8.68. The highest BCUT2D eigenvalue weighted by Crippen LogP contribution is 2.27. The molecule has 1 heterocycles. The Hall–Kier alpha value is -3.14. The van der Waals surface area contributed by atoms with Crippen molar-refractivity contribution in [1.82, 2.24) is 9.55 Å². The van der Waals surface area contributed by atoms with E-state index in [4.69, 9.17) is 9.72 Å². The fourth-order valence-electron chi connectivity index (χ4n) is 3.12. The molecule has 0 radical (unpaired) electrons. The Labute approximate surface area is 151 Å². The average Bonchev–Trinajstić information content (AvgIpc) is 3.03. The van der Waals surface area contributed by atoms with Gasteiger partial charge in [0, 0.05) is 11.1 Å². The van der Waals surface area contributed by atoms with Crippen LogP contribution in [0.4, 0.5) is 4.39 Å². The van der Waals surface area contributed by atoms with E-state index < -0.39 is 0 Å². The molecule has 0 amide bonds. The Morgan fingerprint density at radius 3 is 2.42 bits per heavy atom. The quantitative estimate of drug-likeness (QED) is 0.491. The van der Waals surface area contributed by atoms with Gasteiger partial charge < -0.3 is 9.30 Å². The van der Waals surface area contributed by atoms with E-state index in [1.54, 1.807) is 6.07 Å². The summed E-state index contributed by atoms with van der Waals surface area (Å²) in [7, 11) is 0. The van der Waals surface area contributed by atoms with E-state index in [1.165, 1.54) is 6.07 Å². The van der Waals surface area contributed by atoms with E-state index in [9.17, 15) is 4.39 Å². The highest BCUT2D eigenvalue weighted by molar-refractivity contribution is 5.80. The number of nitrogens with zero attached hydrogens (tertiary/aromatic N) is 2. The van der Waals surface area contributed by atoms with Crippen molar-refractivity contribution >= 4 is 11.0 Å². The highest BCUT2D eigenvalue weighted by Gasteiger charge is 2.14. The van der Waals surface area contributed by atoms with Gasteiger partial charge in [0.05, 0.1) is 24.2 Å². The predicted octanol–water partition coefficient (Wildman–Crippen LogP) is 5.29. The van der Waals surface area contributed by atoms with Crippen LogP contribution in [0.15, 0.2) is 72.8 Å². The number of hydrogen-bond acceptors (Lipinski definition) is 2. The summed E-state index contributed by atoms with van der Waals surface area (Å²) in [5.74, 6) is 1.44. The minimum absolute atomic E-state index is 0.206. The van der Waals surface area contributed by atoms with Gasteiger partial charge in [-0.1, -0.05) is 30.3 Å². The van der Waals surface area contributed by atoms with Crippen LogP contribution in [0.3, 0.4) is 0 Å². The fourth-order valence-corrected chi connectivity index (χ4v) is 3.12. The molecule has 0 atom stereocenters. The largest absolute Gasteiger partial charge is 0.494 e. The van der Waals surface area contributed by atoms with E-state index in [0.29, 0.717) is 18.7 Å². The molecule has 0 N–H and O–H groups in total. The normalized spacial score (nSPS) is 11.0. The first-order valence-corrected chi connectivity index (χ1v) is 8.68. The summed E-state index contributed by atoms with van der Waals surface area (Å²) in [5, 5.41) is 0. The number of halogens is 1. The summed E-state index contributed by atoms with van der Waals surface area (Å²) >= 11 is 0. The minimum Gasteiger partial charge on any atom is -0.494 e. The van der Waals surface area contributed by atoms with Crippen molar-refractivity contribution in [2.75, 3.05) is 6.61 Å². The number of imidazole rings is 1. The summed E-state index contributed by atoms with van der Waals surface area (Å²) in [6.45, 7) is 3.02. The minimum atomic E-state index is -0.206. The molecule has 0 bridgehead atoms. The maximum Gasteiger partial charge on any atom is 0.141 e. The molecule has 0 aliphatic heterocycles. The van der Waals surface area contributed by atoms with Gasteiger partial charge >= 0.3 is 0 Å². The van der Waals surface area contributed by atoms with Gasteiger partial charge in [0.2, 0.25) is 0 Å². The van der Waals surface area contributed by atoms with Gasteiger partial charge in [0.25, 0.3) is 0 Å². The van der Waals surface area contributed by atoms with E-state index in [1.807, 2.05) is 67.6 Å². The third-order valence-corrected chi connectivity index (χ3v) is 4.36. The predicted molar refractivity (Wildman–Crippen MR) is 102 cm³/mol. The molecule has 3 nitrogen and oxygen atoms in total. The summed E-state index contributed by atoms with van der Waals surface area (Å²) in [6, 6.07) is 22.6. The average molecular weight is 346 g/mol. The number of ether oxygens (including phenoxy) is 1. The lowest BCUT2D eigenvalue weighted by atomic mass is 10.1. The molecule has 0 aliphatic carbocycles. The molecule has 130 valence electrons. The standard InChI is InChI=1S/C22H19FN2O/c1-2-26-18-13-11-16(12-14-18)22-24-20-9-5-6-10-21(20)25(22)15-17-7-3-4-8-19(17)23/h3-14H,2,15H2,1H3. The zero-order valence-corrected chi connectivity index (χ0v) is 14.5. The maximum absolute atomic E-state index is 14.2. The second-order valence-electron chi connectivity index (χ2n) is 6.06. The third-order valence-electron chi connectivity index (χ3n) is 4.36. The third kappa shape index (κ3) is 3.06. The molecule has 3 aromatic carbocycles. The molecule has 0 saturated carbocycles. The van der Waals surface area contributed by atoms with Gasteiger partial charge in [-0.05, 0) is 49.4 Å². The van der Waals surface area contributed by atoms with Crippen LogP contribution < -0.4 is 4.74 Å². The van der Waals surface area contributed by atoms with Crippen LogP contribution in [0.25, 0.3) is 22.4 Å². The fraction of sp³-hybridized carbons (Fsp3) is 0.136. The van der Waals surface area contributed by atoms with Crippen LogP contribution in [-0.2, 0) is 6.54 Å². The van der Waals surface area contributed by atoms with Crippen LogP contribution in [0.2, 0.25) is 0 Å². The highest BCUT2D eigenvalue weighted by atomic mass is 19.1. The van der Waals surface area contributed by atoms with E-state index in [-0.39, 0.29) is 5.82 Å². The van der Waals surface area contributed by atoms with E-state index in [2.05, 4.69) is 4.57 Å². The van der Waals surface area contributed by atoms with Gasteiger partial charge in [-0.3, -0.25) is 0 Å². The van der Waals surface area contributed by atoms with Gasteiger partial charge in [-0.25, -0.2) is 9.37 Å². The van der Waals surface area contributed by atoms with Gasteiger partial charge in [0.15, 0.2) is 0 Å². The molecule has 0 unspecified atom stereocenters. The monoisotopic (exact) mass is 346 g/mol. The lowest BCUT2D eigenvalue weighted by Gasteiger charge is -2.11. The van der Waals surface area contributed by atoms with Crippen molar-refractivity contribution in [3.05, 3.63) is 84.2 Å². The van der Waals surface area contributed by atoms with Crippen LogP contribution >= 0.6 is 0 Å². The first-order chi connectivity index (χ1) is 12.8. The van der Waals surface area contributed by atoms with Gasteiger partial charge in [-0.15, -0.1) is 0 Å². The topological polar surface area (TPSA) is 27.1 Å². The summed E-state index contributed by atoms with van der Waals surface area (Å²) < 4.78 is 21.8. The molecular weight excluding hydrogens is 327 g/mol. The van der Waals surface area contributed by atoms with Crippen molar-refractivity contribution in [1.29, 1.82) is 0 Å².